The Morgan fingerprint density at radius 3 is 1.94 bits per heavy atom. The zero-order valence-electron chi connectivity index (χ0n) is 29.4. The summed E-state index contributed by atoms with van der Waals surface area (Å²) in [6.07, 6.45) is 16.8. The van der Waals surface area contributed by atoms with Gasteiger partial charge in [-0.2, -0.15) is 5.11 Å². The van der Waals surface area contributed by atoms with Gasteiger partial charge in [0.1, 0.15) is 5.69 Å². The molecule has 0 aliphatic heterocycles. The molecule has 3 atom stereocenters. The van der Waals surface area contributed by atoms with Crippen LogP contribution in [0, 0.1) is 42.0 Å². The number of fused-ring (bicyclic) bond motifs is 2. The van der Waals surface area contributed by atoms with Crippen molar-refractivity contribution in [2.24, 2.45) is 34.7 Å². The number of nitrogens with zero attached hydrogens (tertiary/aromatic N) is 2. The van der Waals surface area contributed by atoms with E-state index in [1.807, 2.05) is 18.2 Å². The van der Waals surface area contributed by atoms with Gasteiger partial charge in [-0.3, -0.25) is 0 Å². The van der Waals surface area contributed by atoms with Crippen molar-refractivity contribution in [3.05, 3.63) is 102 Å². The first kappa shape index (κ1) is 31.1. The van der Waals surface area contributed by atoms with Crippen LogP contribution in [0.4, 0.5) is 28.4 Å². The van der Waals surface area contributed by atoms with E-state index < -0.39 is 0 Å². The topological polar surface area (TPSA) is 65.5 Å². The highest BCUT2D eigenvalue weighted by molar-refractivity contribution is 5.87. The molecule has 252 valence electrons. The van der Waals surface area contributed by atoms with Crippen LogP contribution in [-0.4, -0.2) is 0 Å². The summed E-state index contributed by atoms with van der Waals surface area (Å²) < 4.78 is 0. The van der Waals surface area contributed by atoms with Crippen LogP contribution < -0.4 is 10.6 Å². The first-order chi connectivity index (χ1) is 23.8. The molecule has 4 nitrogen and oxygen atoms in total. The number of nitrogens with one attached hydrogen (secondary N) is 1. The molecule has 10 rings (SSSR count). The van der Waals surface area contributed by atoms with Gasteiger partial charge in [0, 0.05) is 22.6 Å². The maximum absolute atomic E-state index is 7.65. The van der Waals surface area contributed by atoms with E-state index in [0.717, 1.165) is 46.4 Å². The molecular weight excluding hydrogens is 597 g/mol. The largest absolute Gasteiger partial charge is 0.396 e. The van der Waals surface area contributed by atoms with Gasteiger partial charge in [-0.05, 0) is 176 Å². The van der Waals surface area contributed by atoms with E-state index in [2.05, 4.69) is 90.6 Å². The molecule has 49 heavy (non-hydrogen) atoms. The maximum atomic E-state index is 7.65. The van der Waals surface area contributed by atoms with Gasteiger partial charge < -0.3 is 10.6 Å². The van der Waals surface area contributed by atoms with Gasteiger partial charge >= 0.3 is 0 Å². The summed E-state index contributed by atoms with van der Waals surface area (Å²) in [5.41, 5.74) is 25.8. The fourth-order valence-corrected chi connectivity index (χ4v) is 12.4. The average Bonchev–Trinajstić information content (AvgIpc) is 3.08. The van der Waals surface area contributed by atoms with Crippen LogP contribution in [0.3, 0.4) is 0 Å². The SMILES string of the molecule is Cc1cc(-c2cccc(N=N)c2N)cc(N(c2ccc(C34CCC[C@@H](C[C@@H](C)C3)C4)cc2)c2ccc(C34C[C@H]5C[C@H](C3)C[C@@H](C4)C5)cc2)c1. The number of nitrogen functional groups attached to an aromatic ring is 1. The van der Waals surface area contributed by atoms with E-state index in [-0.39, 0.29) is 0 Å². The van der Waals surface area contributed by atoms with E-state index in [9.17, 15) is 0 Å². The molecule has 6 fully saturated rings. The molecule has 0 saturated heterocycles. The summed E-state index contributed by atoms with van der Waals surface area (Å²) >= 11 is 0. The van der Waals surface area contributed by atoms with Crippen molar-refractivity contribution in [1.29, 1.82) is 5.53 Å². The third kappa shape index (κ3) is 5.41. The number of anilines is 4. The summed E-state index contributed by atoms with van der Waals surface area (Å²) in [4.78, 5) is 2.45. The first-order valence-electron chi connectivity index (χ1n) is 19.2. The quantitative estimate of drug-likeness (QED) is 0.155. The summed E-state index contributed by atoms with van der Waals surface area (Å²) in [7, 11) is 0. The normalized spacial score (nSPS) is 31.4. The van der Waals surface area contributed by atoms with Crippen LogP contribution in [0.15, 0.2) is 90.0 Å². The molecule has 4 aromatic carbocycles. The molecule has 3 N–H and O–H groups in total. The molecule has 0 spiro atoms. The molecule has 4 heteroatoms. The second-order valence-electron chi connectivity index (χ2n) is 17.3. The molecule has 6 aliphatic rings. The number of para-hydroxylation sites is 1. The van der Waals surface area contributed by atoms with Crippen molar-refractivity contribution in [2.45, 2.75) is 102 Å². The molecule has 4 aromatic rings. The van der Waals surface area contributed by atoms with Crippen LogP contribution >= 0.6 is 0 Å². The Bertz CT molecular complexity index is 1770. The number of aryl methyl sites for hydroxylation is 1. The van der Waals surface area contributed by atoms with Crippen molar-refractivity contribution in [2.75, 3.05) is 10.6 Å². The van der Waals surface area contributed by atoms with Crippen LogP contribution in [0.2, 0.25) is 0 Å². The second-order valence-corrected chi connectivity index (χ2v) is 17.3. The van der Waals surface area contributed by atoms with Gasteiger partial charge in [-0.15, -0.1) is 0 Å². The van der Waals surface area contributed by atoms with E-state index in [4.69, 9.17) is 11.3 Å². The molecule has 0 amide bonds. The van der Waals surface area contributed by atoms with Crippen LogP contribution in [-0.2, 0) is 10.8 Å². The minimum Gasteiger partial charge on any atom is -0.396 e. The van der Waals surface area contributed by atoms with Crippen molar-refractivity contribution in [3.63, 3.8) is 0 Å². The zero-order valence-corrected chi connectivity index (χ0v) is 29.4. The molecule has 1 unspecified atom stereocenters. The molecule has 0 heterocycles. The third-order valence-electron chi connectivity index (χ3n) is 13.8. The van der Waals surface area contributed by atoms with E-state index >= 15 is 0 Å². The first-order valence-corrected chi connectivity index (χ1v) is 19.2. The Hall–Kier alpha value is -3.92. The number of hydrogen-bond donors (Lipinski definition) is 2. The van der Waals surface area contributed by atoms with Crippen molar-refractivity contribution in [3.8, 4) is 11.1 Å². The summed E-state index contributed by atoms with van der Waals surface area (Å²) in [6.45, 7) is 4.65. The Morgan fingerprint density at radius 1 is 0.694 bits per heavy atom. The lowest BCUT2D eigenvalue weighted by atomic mass is 9.48. The molecule has 0 radical (unpaired) electrons. The summed E-state index contributed by atoms with van der Waals surface area (Å²) in [5.74, 6) is 4.51. The van der Waals surface area contributed by atoms with Gasteiger partial charge in [0.15, 0.2) is 0 Å². The fraction of sp³-hybridized carbons (Fsp3) is 0.467. The molecule has 6 saturated carbocycles. The summed E-state index contributed by atoms with van der Waals surface area (Å²) in [5, 5.41) is 3.69. The maximum Gasteiger partial charge on any atom is 0.108 e. The van der Waals surface area contributed by atoms with E-state index in [1.54, 1.807) is 11.1 Å². The smallest absolute Gasteiger partial charge is 0.108 e. The standard InChI is InChI=1S/C45H52N4/c1-29-18-35(41-6-3-7-42(48-47)43(41)46)23-40(19-29)49(38-12-8-36(9-13-38)44-16-4-5-31(25-44)17-30(2)24-44)39-14-10-37(11-15-39)45-26-32-20-33(27-45)22-34(21-32)28-45/h3,6-15,18-19,23,30-34,47H,4-5,16-17,20-22,24-28,46H2,1-2H3/t30-,31+,32-,33-,34-,44?,45?/m1/s1. The predicted molar refractivity (Wildman–Crippen MR) is 202 cm³/mol. The Labute approximate surface area is 293 Å². The van der Waals surface area contributed by atoms with Crippen LogP contribution in [0.5, 0.6) is 0 Å². The summed E-state index contributed by atoms with van der Waals surface area (Å²) in [6, 6.07) is 32.0. The van der Waals surface area contributed by atoms with E-state index in [0.29, 0.717) is 22.2 Å². The fourth-order valence-electron chi connectivity index (χ4n) is 12.4. The number of hydrogen-bond acceptors (Lipinski definition) is 4. The zero-order chi connectivity index (χ0) is 33.3. The van der Waals surface area contributed by atoms with Gasteiger partial charge in [-0.1, -0.05) is 62.2 Å². The van der Waals surface area contributed by atoms with E-state index in [1.165, 1.54) is 94.0 Å². The lowest BCUT2D eigenvalue weighted by Gasteiger charge is -2.57. The molecule has 6 aliphatic carbocycles. The monoisotopic (exact) mass is 648 g/mol. The molecular formula is C45H52N4. The van der Waals surface area contributed by atoms with Crippen molar-refractivity contribution >= 4 is 28.4 Å². The molecule has 6 bridgehead atoms. The third-order valence-corrected chi connectivity index (χ3v) is 13.8. The lowest BCUT2D eigenvalue weighted by Crippen LogP contribution is -2.48. The minimum atomic E-state index is 0.339. The number of nitrogens with two attached hydrogens (primary N) is 1. The highest BCUT2D eigenvalue weighted by Gasteiger charge is 2.51. The van der Waals surface area contributed by atoms with Gasteiger partial charge in [0.05, 0.1) is 5.69 Å². The van der Waals surface area contributed by atoms with Crippen molar-refractivity contribution in [1.82, 2.24) is 0 Å². The number of benzene rings is 4. The van der Waals surface area contributed by atoms with Crippen molar-refractivity contribution < 1.29 is 0 Å². The predicted octanol–water partition coefficient (Wildman–Crippen LogP) is 12.7. The van der Waals surface area contributed by atoms with Gasteiger partial charge in [0.2, 0.25) is 0 Å². The Morgan fingerprint density at radius 2 is 1.31 bits per heavy atom. The Kier molecular flexibility index (Phi) is 7.52. The second kappa shape index (κ2) is 11.9. The Balaban J connectivity index is 1.12. The molecule has 0 aromatic heterocycles. The highest BCUT2D eigenvalue weighted by atomic mass is 15.1. The van der Waals surface area contributed by atoms with Gasteiger partial charge in [0.25, 0.3) is 0 Å². The van der Waals surface area contributed by atoms with Gasteiger partial charge in [-0.25, -0.2) is 5.53 Å². The van der Waals surface area contributed by atoms with Crippen LogP contribution in [0.1, 0.15) is 101 Å². The average molecular weight is 649 g/mol. The highest BCUT2D eigenvalue weighted by Crippen LogP contribution is 2.61. The van der Waals surface area contributed by atoms with Crippen LogP contribution in [0.25, 0.3) is 11.1 Å². The minimum absolute atomic E-state index is 0.339. The number of rotatable bonds is 7. The lowest BCUT2D eigenvalue weighted by molar-refractivity contribution is -0.00518.